The van der Waals surface area contributed by atoms with E-state index >= 15 is 0 Å². The molecule has 3 aromatic rings. The van der Waals surface area contributed by atoms with Crippen LogP contribution in [0.5, 0.6) is 0 Å². The smallest absolute Gasteiger partial charge is 0.232 e. The highest BCUT2D eigenvalue weighted by molar-refractivity contribution is 7.92. The first-order chi connectivity index (χ1) is 15.7. The molecule has 0 saturated heterocycles. The summed E-state index contributed by atoms with van der Waals surface area (Å²) in [5, 5.41) is 3.60. The zero-order valence-electron chi connectivity index (χ0n) is 19.1. The molecule has 0 aliphatic carbocycles. The van der Waals surface area contributed by atoms with Crippen LogP contribution in [0.3, 0.4) is 0 Å². The molecule has 174 valence electrons. The number of carbonyl (C=O) groups is 1. The zero-order chi connectivity index (χ0) is 24.0. The monoisotopic (exact) mass is 484 g/mol. The maximum Gasteiger partial charge on any atom is 0.232 e. The summed E-state index contributed by atoms with van der Waals surface area (Å²) in [4.78, 5) is 12.9. The van der Waals surface area contributed by atoms with Gasteiger partial charge in [0.1, 0.15) is 0 Å². The van der Waals surface area contributed by atoms with Crippen LogP contribution in [0.1, 0.15) is 41.1 Å². The lowest BCUT2D eigenvalue weighted by molar-refractivity contribution is -0.121. The Morgan fingerprint density at radius 3 is 2.30 bits per heavy atom. The first-order valence-corrected chi connectivity index (χ1v) is 13.0. The van der Waals surface area contributed by atoms with Crippen molar-refractivity contribution >= 4 is 33.2 Å². The number of carbonyl (C=O) groups excluding carboxylic acids is 1. The molecule has 7 heteroatoms. The van der Waals surface area contributed by atoms with E-state index in [2.05, 4.69) is 5.32 Å². The molecule has 0 fully saturated rings. The Morgan fingerprint density at radius 1 is 0.970 bits per heavy atom. The molecule has 3 aromatic carbocycles. The van der Waals surface area contributed by atoms with Crippen LogP contribution in [0.2, 0.25) is 5.02 Å². The molecule has 3 rings (SSSR count). The first-order valence-electron chi connectivity index (χ1n) is 10.8. The molecule has 0 bridgehead atoms. The second-order valence-electron chi connectivity index (χ2n) is 8.14. The average Bonchev–Trinajstić information content (AvgIpc) is 2.77. The predicted octanol–water partition coefficient (Wildman–Crippen LogP) is 5.41. The van der Waals surface area contributed by atoms with E-state index < -0.39 is 10.0 Å². The van der Waals surface area contributed by atoms with Crippen LogP contribution in [0.4, 0.5) is 5.69 Å². The fourth-order valence-corrected chi connectivity index (χ4v) is 5.01. The summed E-state index contributed by atoms with van der Waals surface area (Å²) in [5.41, 5.74) is 4.45. The molecule has 1 N–H and O–H groups in total. The van der Waals surface area contributed by atoms with Crippen molar-refractivity contribution in [2.24, 2.45) is 0 Å². The van der Waals surface area contributed by atoms with Crippen LogP contribution in [-0.4, -0.2) is 27.1 Å². The standard InChI is InChI=1S/C26H29ClN2O3S/c1-19-10-7-8-13-23(19)26(21-11-5-4-6-12-21)28-25(30)14-9-17-29(33(3,31)32)24-18-22(27)16-15-20(24)2/h4-8,10-13,15-16,18,26H,9,14,17H2,1-3H3,(H,28,30)/t26-/m0/s1. The molecule has 0 aliphatic heterocycles. The normalized spacial score (nSPS) is 12.2. The second kappa shape index (κ2) is 10.9. The van der Waals surface area contributed by atoms with Crippen molar-refractivity contribution in [3.63, 3.8) is 0 Å². The molecule has 0 saturated carbocycles. The van der Waals surface area contributed by atoms with Crippen molar-refractivity contribution in [1.29, 1.82) is 0 Å². The fraction of sp³-hybridized carbons (Fsp3) is 0.269. The number of sulfonamides is 1. The molecule has 5 nitrogen and oxygen atoms in total. The largest absolute Gasteiger partial charge is 0.345 e. The van der Waals surface area contributed by atoms with E-state index in [4.69, 9.17) is 11.6 Å². The number of hydrogen-bond donors (Lipinski definition) is 1. The minimum absolute atomic E-state index is 0.136. The van der Waals surface area contributed by atoms with Gasteiger partial charge in [-0.25, -0.2) is 8.42 Å². The molecule has 1 atom stereocenters. The van der Waals surface area contributed by atoms with Gasteiger partial charge < -0.3 is 5.32 Å². The van der Waals surface area contributed by atoms with Gasteiger partial charge in [-0.3, -0.25) is 9.10 Å². The summed E-state index contributed by atoms with van der Waals surface area (Å²) in [5.74, 6) is -0.136. The molecule has 0 unspecified atom stereocenters. The lowest BCUT2D eigenvalue weighted by Gasteiger charge is -2.25. The van der Waals surface area contributed by atoms with Crippen LogP contribution in [0, 0.1) is 13.8 Å². The molecular weight excluding hydrogens is 456 g/mol. The molecule has 0 spiro atoms. The lowest BCUT2D eigenvalue weighted by atomic mass is 9.95. The van der Waals surface area contributed by atoms with Crippen LogP contribution in [0.25, 0.3) is 0 Å². The van der Waals surface area contributed by atoms with Gasteiger partial charge in [0.25, 0.3) is 0 Å². The number of benzene rings is 3. The molecular formula is C26H29ClN2O3S. The summed E-state index contributed by atoms with van der Waals surface area (Å²) in [6.07, 6.45) is 1.73. The summed E-state index contributed by atoms with van der Waals surface area (Å²) < 4.78 is 26.2. The molecule has 0 aliphatic rings. The van der Waals surface area contributed by atoms with Gasteiger partial charge in [0.05, 0.1) is 18.0 Å². The summed E-state index contributed by atoms with van der Waals surface area (Å²) >= 11 is 6.10. The van der Waals surface area contributed by atoms with Crippen molar-refractivity contribution in [3.05, 3.63) is 100 Å². The van der Waals surface area contributed by atoms with E-state index in [1.807, 2.05) is 68.4 Å². The Bertz CT molecular complexity index is 1210. The van der Waals surface area contributed by atoms with Crippen LogP contribution in [-0.2, 0) is 14.8 Å². The molecule has 33 heavy (non-hydrogen) atoms. The van der Waals surface area contributed by atoms with Crippen molar-refractivity contribution in [2.75, 3.05) is 17.1 Å². The quantitative estimate of drug-likeness (QED) is 0.441. The Labute approximate surface area is 201 Å². The molecule has 0 aromatic heterocycles. The fourth-order valence-electron chi connectivity index (χ4n) is 3.83. The van der Waals surface area contributed by atoms with Gasteiger partial charge in [-0.15, -0.1) is 0 Å². The van der Waals surface area contributed by atoms with Crippen LogP contribution >= 0.6 is 11.6 Å². The topological polar surface area (TPSA) is 66.5 Å². The third-order valence-electron chi connectivity index (χ3n) is 5.54. The van der Waals surface area contributed by atoms with Gasteiger partial charge in [0, 0.05) is 18.0 Å². The average molecular weight is 485 g/mol. The molecule has 1 amide bonds. The minimum Gasteiger partial charge on any atom is -0.345 e. The van der Waals surface area contributed by atoms with Crippen molar-refractivity contribution in [1.82, 2.24) is 5.32 Å². The third-order valence-corrected chi connectivity index (χ3v) is 6.96. The molecule has 0 heterocycles. The van der Waals surface area contributed by atoms with Gasteiger partial charge in [-0.2, -0.15) is 0 Å². The number of hydrogen-bond acceptors (Lipinski definition) is 3. The van der Waals surface area contributed by atoms with E-state index in [-0.39, 0.29) is 24.9 Å². The summed E-state index contributed by atoms with van der Waals surface area (Å²) in [6, 6.07) is 22.7. The number of nitrogens with zero attached hydrogens (tertiary/aromatic N) is 1. The SMILES string of the molecule is Cc1ccccc1[C@@H](NC(=O)CCCN(c1cc(Cl)ccc1C)S(C)(=O)=O)c1ccccc1. The number of halogens is 1. The second-order valence-corrected chi connectivity index (χ2v) is 10.5. The maximum atomic E-state index is 12.9. The maximum absolute atomic E-state index is 12.9. The Balaban J connectivity index is 1.73. The Morgan fingerprint density at radius 2 is 1.64 bits per heavy atom. The van der Waals surface area contributed by atoms with Gasteiger partial charge in [0.15, 0.2) is 0 Å². The number of anilines is 1. The van der Waals surface area contributed by atoms with E-state index in [1.165, 1.54) is 4.31 Å². The minimum atomic E-state index is -3.53. The van der Waals surface area contributed by atoms with Crippen molar-refractivity contribution in [2.45, 2.75) is 32.7 Å². The number of nitrogens with one attached hydrogen (secondary N) is 1. The predicted molar refractivity (Wildman–Crippen MR) is 135 cm³/mol. The summed E-state index contributed by atoms with van der Waals surface area (Å²) in [7, 11) is -3.53. The highest BCUT2D eigenvalue weighted by Gasteiger charge is 2.21. The van der Waals surface area contributed by atoms with E-state index in [9.17, 15) is 13.2 Å². The van der Waals surface area contributed by atoms with Crippen LogP contribution in [0.15, 0.2) is 72.8 Å². The zero-order valence-corrected chi connectivity index (χ0v) is 20.7. The van der Waals surface area contributed by atoms with Crippen LogP contribution < -0.4 is 9.62 Å². The Hall–Kier alpha value is -2.83. The number of aryl methyl sites for hydroxylation is 2. The van der Waals surface area contributed by atoms with Crippen molar-refractivity contribution < 1.29 is 13.2 Å². The van der Waals surface area contributed by atoms with E-state index in [0.29, 0.717) is 17.1 Å². The van der Waals surface area contributed by atoms with Gasteiger partial charge in [-0.1, -0.05) is 72.3 Å². The highest BCUT2D eigenvalue weighted by atomic mass is 35.5. The van der Waals surface area contributed by atoms with E-state index in [1.54, 1.807) is 18.2 Å². The molecule has 0 radical (unpaired) electrons. The van der Waals surface area contributed by atoms with Gasteiger partial charge >= 0.3 is 0 Å². The summed E-state index contributed by atoms with van der Waals surface area (Å²) in [6.45, 7) is 4.05. The van der Waals surface area contributed by atoms with Crippen molar-refractivity contribution in [3.8, 4) is 0 Å². The number of rotatable bonds is 9. The lowest BCUT2D eigenvalue weighted by Crippen LogP contribution is -2.33. The van der Waals surface area contributed by atoms with Gasteiger partial charge in [0.2, 0.25) is 15.9 Å². The first kappa shape index (κ1) is 24.8. The van der Waals surface area contributed by atoms with E-state index in [0.717, 1.165) is 28.5 Å². The van der Waals surface area contributed by atoms with Gasteiger partial charge in [-0.05, 0) is 54.7 Å². The number of amides is 1. The Kier molecular flexibility index (Phi) is 8.16. The highest BCUT2D eigenvalue weighted by Crippen LogP contribution is 2.27. The third kappa shape index (κ3) is 6.59.